The van der Waals surface area contributed by atoms with Gasteiger partial charge in [-0.1, -0.05) is 39.3 Å². The molecule has 3 saturated carbocycles. The average Bonchev–Trinajstić information content (AvgIpc) is 3.26. The van der Waals surface area contributed by atoms with Crippen molar-refractivity contribution in [2.24, 2.45) is 46.3 Å². The third kappa shape index (κ3) is 3.45. The van der Waals surface area contributed by atoms with E-state index >= 15 is 0 Å². The summed E-state index contributed by atoms with van der Waals surface area (Å²) in [5.41, 5.74) is 2.46. The van der Waals surface area contributed by atoms with E-state index in [4.69, 9.17) is 18.9 Å². The van der Waals surface area contributed by atoms with Crippen LogP contribution >= 0.6 is 0 Å². The molecule has 2 aliphatic heterocycles. The molecule has 0 unspecified atom stereocenters. The SMILES string of the molecule is CCOCO[C@H]1CC[C@@]2(C)C(=CC[C@H]3[C@@H]4C[C@@H]5O[C@]6(CC[C@@H](C)CO6)[C@@H](C)[C@@H]5[C@@]4(C)CC[C@@H]32)C1. The van der Waals surface area contributed by atoms with Gasteiger partial charge < -0.3 is 18.9 Å². The monoisotopic (exact) mass is 472 g/mol. The van der Waals surface area contributed by atoms with Crippen LogP contribution in [-0.2, 0) is 18.9 Å². The number of allylic oxidation sites excluding steroid dienone is 1. The lowest BCUT2D eigenvalue weighted by Crippen LogP contribution is -2.52. The fraction of sp³-hybridized carbons (Fsp3) is 0.933. The summed E-state index contributed by atoms with van der Waals surface area (Å²) in [4.78, 5) is 0. The van der Waals surface area contributed by atoms with Crippen LogP contribution in [0.5, 0.6) is 0 Å². The van der Waals surface area contributed by atoms with E-state index in [9.17, 15) is 0 Å². The summed E-state index contributed by atoms with van der Waals surface area (Å²) in [5.74, 6) is 3.99. The van der Waals surface area contributed by atoms with Crippen molar-refractivity contribution in [2.45, 2.75) is 110 Å². The lowest BCUT2D eigenvalue weighted by atomic mass is 9.47. The fourth-order valence-electron chi connectivity index (χ4n) is 10.0. The minimum atomic E-state index is -0.293. The molecule has 0 aromatic heterocycles. The van der Waals surface area contributed by atoms with Gasteiger partial charge in [0.25, 0.3) is 0 Å². The van der Waals surface area contributed by atoms with Gasteiger partial charge in [0.1, 0.15) is 6.79 Å². The van der Waals surface area contributed by atoms with Crippen molar-refractivity contribution in [3.8, 4) is 0 Å². The highest BCUT2D eigenvalue weighted by molar-refractivity contribution is 5.26. The summed E-state index contributed by atoms with van der Waals surface area (Å²) in [5, 5.41) is 0. The van der Waals surface area contributed by atoms with Crippen LogP contribution < -0.4 is 0 Å². The zero-order valence-corrected chi connectivity index (χ0v) is 22.3. The van der Waals surface area contributed by atoms with Crippen molar-refractivity contribution in [3.63, 3.8) is 0 Å². The van der Waals surface area contributed by atoms with Crippen LogP contribution in [0.3, 0.4) is 0 Å². The second-order valence-electron chi connectivity index (χ2n) is 13.4. The maximum Gasteiger partial charge on any atom is 0.171 e. The van der Waals surface area contributed by atoms with E-state index < -0.39 is 0 Å². The van der Waals surface area contributed by atoms with E-state index in [-0.39, 0.29) is 5.79 Å². The number of ether oxygens (including phenoxy) is 4. The van der Waals surface area contributed by atoms with Gasteiger partial charge in [0.05, 0.1) is 18.8 Å². The summed E-state index contributed by atoms with van der Waals surface area (Å²) >= 11 is 0. The van der Waals surface area contributed by atoms with Gasteiger partial charge in [-0.3, -0.25) is 0 Å². The molecule has 0 radical (unpaired) electrons. The van der Waals surface area contributed by atoms with Crippen LogP contribution in [0, 0.1) is 46.3 Å². The minimum absolute atomic E-state index is 0.293. The van der Waals surface area contributed by atoms with Crippen molar-refractivity contribution >= 4 is 0 Å². The first-order chi connectivity index (χ1) is 16.3. The van der Waals surface area contributed by atoms with E-state index in [1.165, 1.54) is 44.9 Å². The molecule has 1 spiro atoms. The van der Waals surface area contributed by atoms with Gasteiger partial charge in [-0.2, -0.15) is 0 Å². The third-order valence-electron chi connectivity index (χ3n) is 11.9. The van der Waals surface area contributed by atoms with Crippen LogP contribution in [0.4, 0.5) is 0 Å². The second-order valence-corrected chi connectivity index (χ2v) is 13.4. The van der Waals surface area contributed by atoms with Gasteiger partial charge >= 0.3 is 0 Å². The summed E-state index contributed by atoms with van der Waals surface area (Å²) in [7, 11) is 0. The van der Waals surface area contributed by atoms with Crippen molar-refractivity contribution < 1.29 is 18.9 Å². The van der Waals surface area contributed by atoms with Crippen LogP contribution in [0.2, 0.25) is 0 Å². The Morgan fingerprint density at radius 3 is 2.68 bits per heavy atom. The quantitative estimate of drug-likeness (QED) is 0.258. The van der Waals surface area contributed by atoms with Gasteiger partial charge in [-0.15, -0.1) is 0 Å². The first kappa shape index (κ1) is 23.9. The Balaban J connectivity index is 1.20. The largest absolute Gasteiger partial charge is 0.356 e. The highest BCUT2D eigenvalue weighted by Gasteiger charge is 2.68. The molecule has 0 aromatic carbocycles. The van der Waals surface area contributed by atoms with Gasteiger partial charge in [-0.05, 0) is 98.7 Å². The standard InChI is InChI=1S/C30H48O4/c1-6-31-18-32-22-10-12-28(4)21(15-22)7-8-23-24(28)11-13-29(5)25(23)16-26-27(29)20(3)30(34-26)14-9-19(2)17-33-30/h7,19-20,22-27H,6,8-18H2,1-5H3/t19-,20+,22+,23-,24+,25+,26+,27+,28+,29+,30-/m1/s1. The van der Waals surface area contributed by atoms with Crippen LogP contribution in [0.15, 0.2) is 11.6 Å². The molecule has 6 aliphatic rings. The van der Waals surface area contributed by atoms with Gasteiger partial charge in [-0.25, -0.2) is 0 Å². The maximum atomic E-state index is 6.94. The van der Waals surface area contributed by atoms with E-state index in [0.29, 0.717) is 47.6 Å². The lowest BCUT2D eigenvalue weighted by Gasteiger charge is -2.58. The minimum Gasteiger partial charge on any atom is -0.356 e. The summed E-state index contributed by atoms with van der Waals surface area (Å²) in [6.07, 6.45) is 14.6. The van der Waals surface area contributed by atoms with E-state index in [2.05, 4.69) is 33.8 Å². The molecule has 11 atom stereocenters. The van der Waals surface area contributed by atoms with Gasteiger partial charge in [0.2, 0.25) is 0 Å². The lowest BCUT2D eigenvalue weighted by molar-refractivity contribution is -0.272. The molecular formula is C30H48O4. The Kier molecular flexibility index (Phi) is 6.03. The Hall–Kier alpha value is -0.420. The molecular weight excluding hydrogens is 424 g/mol. The third-order valence-corrected chi connectivity index (χ3v) is 11.9. The Morgan fingerprint density at radius 1 is 1.06 bits per heavy atom. The van der Waals surface area contributed by atoms with Crippen molar-refractivity contribution in [2.75, 3.05) is 20.0 Å². The molecule has 0 N–H and O–H groups in total. The fourth-order valence-corrected chi connectivity index (χ4v) is 10.0. The highest BCUT2D eigenvalue weighted by Crippen LogP contribution is 2.70. The number of fused-ring (bicyclic) bond motifs is 7. The zero-order valence-electron chi connectivity index (χ0n) is 22.3. The molecule has 34 heavy (non-hydrogen) atoms. The van der Waals surface area contributed by atoms with E-state index in [1.54, 1.807) is 5.57 Å². The summed E-state index contributed by atoms with van der Waals surface area (Å²) in [6, 6.07) is 0. The van der Waals surface area contributed by atoms with Crippen LogP contribution in [0.25, 0.3) is 0 Å². The number of hydrogen-bond donors (Lipinski definition) is 0. The maximum absolute atomic E-state index is 6.94. The average molecular weight is 473 g/mol. The van der Waals surface area contributed by atoms with Gasteiger partial charge in [0.15, 0.2) is 5.79 Å². The second kappa shape index (κ2) is 8.57. The summed E-state index contributed by atoms with van der Waals surface area (Å²) < 4.78 is 25.0. The summed E-state index contributed by atoms with van der Waals surface area (Å²) in [6.45, 7) is 14.1. The molecule has 2 saturated heterocycles. The Bertz CT molecular complexity index is 800. The van der Waals surface area contributed by atoms with Crippen LogP contribution in [-0.4, -0.2) is 38.0 Å². The molecule has 0 bridgehead atoms. The Labute approximate surface area is 207 Å². The number of hydrogen-bond acceptors (Lipinski definition) is 4. The van der Waals surface area contributed by atoms with E-state index in [1.807, 2.05) is 6.92 Å². The Morgan fingerprint density at radius 2 is 1.91 bits per heavy atom. The highest BCUT2D eigenvalue weighted by atomic mass is 16.7. The molecule has 2 heterocycles. The first-order valence-electron chi connectivity index (χ1n) is 14.5. The van der Waals surface area contributed by atoms with E-state index in [0.717, 1.165) is 43.8 Å². The molecule has 4 aliphatic carbocycles. The van der Waals surface area contributed by atoms with Crippen LogP contribution in [0.1, 0.15) is 92.4 Å². The van der Waals surface area contributed by atoms with Crippen molar-refractivity contribution in [1.29, 1.82) is 0 Å². The van der Waals surface area contributed by atoms with Crippen molar-refractivity contribution in [3.05, 3.63) is 11.6 Å². The smallest absolute Gasteiger partial charge is 0.171 e. The van der Waals surface area contributed by atoms with Crippen molar-refractivity contribution in [1.82, 2.24) is 0 Å². The first-order valence-corrected chi connectivity index (χ1v) is 14.5. The molecule has 4 nitrogen and oxygen atoms in total. The predicted molar refractivity (Wildman–Crippen MR) is 133 cm³/mol. The molecule has 0 amide bonds. The normalized spacial score (nSPS) is 54.2. The predicted octanol–water partition coefficient (Wildman–Crippen LogP) is 6.73. The molecule has 0 aromatic rings. The molecule has 6 rings (SSSR count). The zero-order chi connectivity index (χ0) is 23.7. The topological polar surface area (TPSA) is 36.9 Å². The molecule has 192 valence electrons. The molecule has 5 fully saturated rings. The van der Waals surface area contributed by atoms with Gasteiger partial charge in [0, 0.05) is 18.9 Å². The molecule has 4 heteroatoms. The number of rotatable bonds is 4.